The Morgan fingerprint density at radius 1 is 1.58 bits per heavy atom. The van der Waals surface area contributed by atoms with Crippen LogP contribution in [0.4, 0.5) is 11.6 Å². The number of nitrogens with one attached hydrogen (secondary N) is 1. The number of ether oxygens (including phenoxy) is 1. The van der Waals surface area contributed by atoms with E-state index in [0.29, 0.717) is 13.2 Å². The van der Waals surface area contributed by atoms with Crippen LogP contribution >= 0.6 is 15.9 Å². The van der Waals surface area contributed by atoms with Crippen LogP contribution < -0.4 is 10.2 Å². The quantitative estimate of drug-likeness (QED) is 0.847. The Morgan fingerprint density at radius 2 is 2.42 bits per heavy atom. The van der Waals surface area contributed by atoms with E-state index in [4.69, 9.17) is 4.74 Å². The van der Waals surface area contributed by atoms with Gasteiger partial charge in [0.15, 0.2) is 0 Å². The largest absolute Gasteiger partial charge is 0.394 e. The van der Waals surface area contributed by atoms with Gasteiger partial charge in [-0.1, -0.05) is 6.92 Å². The fourth-order valence-corrected chi connectivity index (χ4v) is 2.57. The number of anilines is 2. The van der Waals surface area contributed by atoms with Crippen LogP contribution in [0.1, 0.15) is 13.3 Å². The van der Waals surface area contributed by atoms with Crippen molar-refractivity contribution >= 4 is 27.6 Å². The highest BCUT2D eigenvalue weighted by Gasteiger charge is 2.23. The van der Waals surface area contributed by atoms with Crippen LogP contribution in [-0.4, -0.2) is 54.0 Å². The van der Waals surface area contributed by atoms with Crippen LogP contribution in [0.15, 0.2) is 10.8 Å². The Hall–Kier alpha value is -0.920. The number of aliphatic hydroxyl groups excluding tert-OH is 1. The lowest BCUT2D eigenvalue weighted by Gasteiger charge is -2.33. The Labute approximate surface area is 121 Å². The van der Waals surface area contributed by atoms with E-state index in [-0.39, 0.29) is 12.7 Å². The third-order valence-electron chi connectivity index (χ3n) is 2.96. The second-order valence-corrected chi connectivity index (χ2v) is 5.20. The first-order chi connectivity index (χ1) is 9.26. The zero-order chi connectivity index (χ0) is 13.7. The van der Waals surface area contributed by atoms with Crippen molar-refractivity contribution in [1.29, 1.82) is 0 Å². The van der Waals surface area contributed by atoms with Crippen molar-refractivity contribution in [1.82, 2.24) is 9.97 Å². The van der Waals surface area contributed by atoms with Crippen LogP contribution in [0.5, 0.6) is 0 Å². The Kier molecular flexibility index (Phi) is 5.35. The molecular weight excluding hydrogens is 312 g/mol. The van der Waals surface area contributed by atoms with Gasteiger partial charge in [0, 0.05) is 19.6 Å². The third-order valence-corrected chi connectivity index (χ3v) is 3.69. The molecule has 6 nitrogen and oxygen atoms in total. The van der Waals surface area contributed by atoms with Gasteiger partial charge in [-0.3, -0.25) is 0 Å². The minimum absolute atomic E-state index is 0.0279. The summed E-state index contributed by atoms with van der Waals surface area (Å²) in [7, 11) is 0. The van der Waals surface area contributed by atoms with Gasteiger partial charge in [0.1, 0.15) is 22.4 Å². The van der Waals surface area contributed by atoms with E-state index < -0.39 is 0 Å². The summed E-state index contributed by atoms with van der Waals surface area (Å²) < 4.78 is 6.31. The van der Waals surface area contributed by atoms with Crippen LogP contribution in [0.25, 0.3) is 0 Å². The predicted octanol–water partition coefficient (Wildman–Crippen LogP) is 1.26. The Bertz CT molecular complexity index is 419. The summed E-state index contributed by atoms with van der Waals surface area (Å²) >= 11 is 3.56. The molecule has 1 aliphatic heterocycles. The lowest BCUT2D eigenvalue weighted by Crippen LogP contribution is -2.44. The highest BCUT2D eigenvalue weighted by Crippen LogP contribution is 2.30. The molecule has 1 atom stereocenters. The molecule has 0 bridgehead atoms. The van der Waals surface area contributed by atoms with E-state index in [1.54, 1.807) is 6.33 Å². The lowest BCUT2D eigenvalue weighted by molar-refractivity contribution is 0.00332. The number of aliphatic hydroxyl groups is 1. The molecule has 7 heteroatoms. The number of halogens is 1. The summed E-state index contributed by atoms with van der Waals surface area (Å²) in [5, 5.41) is 12.4. The highest BCUT2D eigenvalue weighted by molar-refractivity contribution is 9.10. The highest BCUT2D eigenvalue weighted by atomic mass is 79.9. The maximum atomic E-state index is 9.19. The molecule has 106 valence electrons. The third kappa shape index (κ3) is 3.55. The minimum atomic E-state index is -0.150. The van der Waals surface area contributed by atoms with Gasteiger partial charge in [-0.05, 0) is 22.4 Å². The summed E-state index contributed by atoms with van der Waals surface area (Å²) in [6.07, 6.45) is 2.44. The molecule has 1 saturated heterocycles. The van der Waals surface area contributed by atoms with Gasteiger partial charge in [-0.2, -0.15) is 0 Å². The summed E-state index contributed by atoms with van der Waals surface area (Å²) in [5.41, 5.74) is 0. The topological polar surface area (TPSA) is 70.5 Å². The first-order valence-corrected chi connectivity index (χ1v) is 7.27. The molecule has 2 rings (SSSR count). The maximum Gasteiger partial charge on any atom is 0.148 e. The number of hydrogen-bond acceptors (Lipinski definition) is 6. The van der Waals surface area contributed by atoms with Gasteiger partial charge in [-0.25, -0.2) is 9.97 Å². The van der Waals surface area contributed by atoms with E-state index in [9.17, 15) is 5.11 Å². The molecule has 1 aliphatic rings. The average molecular weight is 331 g/mol. The summed E-state index contributed by atoms with van der Waals surface area (Å²) in [6, 6.07) is 0. The molecule has 1 aromatic heterocycles. The normalized spacial score (nSPS) is 19.5. The first-order valence-electron chi connectivity index (χ1n) is 6.48. The minimum Gasteiger partial charge on any atom is -0.394 e. The molecule has 19 heavy (non-hydrogen) atoms. The van der Waals surface area contributed by atoms with Crippen molar-refractivity contribution in [3.8, 4) is 0 Å². The van der Waals surface area contributed by atoms with E-state index in [1.165, 1.54) is 0 Å². The molecule has 1 fully saturated rings. The molecule has 0 aromatic carbocycles. The number of hydrogen-bond donors (Lipinski definition) is 2. The van der Waals surface area contributed by atoms with Gasteiger partial charge < -0.3 is 20.1 Å². The standard InChI is InChI=1S/C12H19BrN4O2/c1-2-3-14-11-10(13)12(16-8-15-11)17-4-5-19-9(6-17)7-18/h8-9,18H,2-7H2,1H3,(H,14,15,16). The van der Waals surface area contributed by atoms with Crippen LogP contribution in [0.2, 0.25) is 0 Å². The monoisotopic (exact) mass is 330 g/mol. The second kappa shape index (κ2) is 7.02. The van der Waals surface area contributed by atoms with Crippen molar-refractivity contribution in [3.05, 3.63) is 10.8 Å². The van der Waals surface area contributed by atoms with Gasteiger partial charge in [-0.15, -0.1) is 0 Å². The first kappa shape index (κ1) is 14.5. The van der Waals surface area contributed by atoms with Crippen molar-refractivity contribution in [2.45, 2.75) is 19.4 Å². The summed E-state index contributed by atoms with van der Waals surface area (Å²) in [4.78, 5) is 10.7. The number of aromatic nitrogens is 2. The SMILES string of the molecule is CCCNc1ncnc(N2CCOC(CO)C2)c1Br. The van der Waals surface area contributed by atoms with Crippen molar-refractivity contribution in [2.24, 2.45) is 0 Å². The van der Waals surface area contributed by atoms with Crippen molar-refractivity contribution in [2.75, 3.05) is 43.1 Å². The molecule has 0 saturated carbocycles. The number of rotatable bonds is 5. The zero-order valence-electron chi connectivity index (χ0n) is 11.0. The van der Waals surface area contributed by atoms with Crippen molar-refractivity contribution in [3.63, 3.8) is 0 Å². The van der Waals surface area contributed by atoms with Crippen LogP contribution in [0.3, 0.4) is 0 Å². The molecule has 1 aromatic rings. The molecular formula is C12H19BrN4O2. The zero-order valence-corrected chi connectivity index (χ0v) is 12.6. The van der Waals surface area contributed by atoms with E-state index in [0.717, 1.165) is 35.6 Å². The fraction of sp³-hybridized carbons (Fsp3) is 0.667. The Balaban J connectivity index is 2.14. The van der Waals surface area contributed by atoms with Crippen LogP contribution in [0, 0.1) is 0 Å². The molecule has 0 amide bonds. The fourth-order valence-electron chi connectivity index (χ4n) is 1.97. The maximum absolute atomic E-state index is 9.19. The van der Waals surface area contributed by atoms with Gasteiger partial charge in [0.25, 0.3) is 0 Å². The molecule has 2 heterocycles. The van der Waals surface area contributed by atoms with Crippen molar-refractivity contribution < 1.29 is 9.84 Å². The average Bonchev–Trinajstić information content (AvgIpc) is 2.46. The molecule has 0 spiro atoms. The van der Waals surface area contributed by atoms with E-state index in [2.05, 4.69) is 43.0 Å². The molecule has 0 aliphatic carbocycles. The van der Waals surface area contributed by atoms with E-state index in [1.807, 2.05) is 0 Å². The lowest BCUT2D eigenvalue weighted by atomic mass is 10.3. The second-order valence-electron chi connectivity index (χ2n) is 4.41. The van der Waals surface area contributed by atoms with Crippen LogP contribution in [-0.2, 0) is 4.74 Å². The molecule has 0 radical (unpaired) electrons. The molecule has 2 N–H and O–H groups in total. The Morgan fingerprint density at radius 3 is 3.16 bits per heavy atom. The number of morpholine rings is 1. The van der Waals surface area contributed by atoms with E-state index >= 15 is 0 Å². The van der Waals surface area contributed by atoms with Gasteiger partial charge in [0.2, 0.25) is 0 Å². The molecule has 1 unspecified atom stereocenters. The van der Waals surface area contributed by atoms with Gasteiger partial charge >= 0.3 is 0 Å². The smallest absolute Gasteiger partial charge is 0.148 e. The summed E-state index contributed by atoms with van der Waals surface area (Å²) in [6.45, 7) is 5.01. The number of nitrogens with zero attached hydrogens (tertiary/aromatic N) is 3. The predicted molar refractivity (Wildman–Crippen MR) is 77.6 cm³/mol. The summed E-state index contributed by atoms with van der Waals surface area (Å²) in [5.74, 6) is 1.65. The van der Waals surface area contributed by atoms with Gasteiger partial charge in [0.05, 0.1) is 19.3 Å².